The fraction of sp³-hybridized carbons (Fsp3) is 0.300. The second-order valence-corrected chi connectivity index (χ2v) is 3.76. The fourth-order valence-corrected chi connectivity index (χ4v) is 2.02. The maximum absolute atomic E-state index is 11.5. The van der Waals surface area contributed by atoms with Gasteiger partial charge < -0.3 is 0 Å². The zero-order valence-corrected chi connectivity index (χ0v) is 9.86. The first-order valence-electron chi connectivity index (χ1n) is 4.10. The van der Waals surface area contributed by atoms with E-state index in [2.05, 4.69) is 28.6 Å². The average molecular weight is 259 g/mol. The highest BCUT2D eigenvalue weighted by Gasteiger charge is 2.11. The standard InChI is InChI=1S/C10H11BrOS/c1-2-8(12)10-7(6-11)4-3-5-9(10)13/h3-5,13H,2,6H2,1H3. The SMILES string of the molecule is CCC(=O)c1c(S)cccc1CBr. The van der Waals surface area contributed by atoms with Crippen molar-refractivity contribution in [3.8, 4) is 0 Å². The molecule has 0 aliphatic carbocycles. The fourth-order valence-electron chi connectivity index (χ4n) is 1.20. The van der Waals surface area contributed by atoms with Gasteiger partial charge in [-0.3, -0.25) is 4.79 Å². The Morgan fingerprint density at radius 3 is 2.77 bits per heavy atom. The van der Waals surface area contributed by atoms with Crippen LogP contribution in [-0.2, 0) is 5.33 Å². The highest BCUT2D eigenvalue weighted by Crippen LogP contribution is 2.21. The molecule has 0 heterocycles. The van der Waals surface area contributed by atoms with Crippen LogP contribution in [0.25, 0.3) is 0 Å². The second kappa shape index (κ2) is 4.82. The number of alkyl halides is 1. The molecular formula is C10H11BrOS. The number of hydrogen-bond donors (Lipinski definition) is 1. The number of carbonyl (C=O) groups excluding carboxylic acids is 1. The maximum Gasteiger partial charge on any atom is 0.164 e. The van der Waals surface area contributed by atoms with Crippen LogP contribution in [0.5, 0.6) is 0 Å². The van der Waals surface area contributed by atoms with Crippen LogP contribution in [0.3, 0.4) is 0 Å². The molecule has 1 aromatic rings. The zero-order valence-electron chi connectivity index (χ0n) is 7.38. The first-order valence-corrected chi connectivity index (χ1v) is 5.67. The smallest absolute Gasteiger partial charge is 0.164 e. The molecule has 0 aliphatic rings. The van der Waals surface area contributed by atoms with Gasteiger partial charge in [0.05, 0.1) is 0 Å². The summed E-state index contributed by atoms with van der Waals surface area (Å²) in [7, 11) is 0. The molecule has 1 nitrogen and oxygen atoms in total. The lowest BCUT2D eigenvalue weighted by Gasteiger charge is -2.07. The number of rotatable bonds is 3. The zero-order chi connectivity index (χ0) is 9.84. The van der Waals surface area contributed by atoms with Crippen molar-refractivity contribution in [3.63, 3.8) is 0 Å². The maximum atomic E-state index is 11.5. The number of halogens is 1. The van der Waals surface area contributed by atoms with Crippen LogP contribution in [0.4, 0.5) is 0 Å². The molecule has 0 unspecified atom stereocenters. The molecular weight excluding hydrogens is 248 g/mol. The van der Waals surface area contributed by atoms with Crippen molar-refractivity contribution in [2.45, 2.75) is 23.6 Å². The Hall–Kier alpha value is -0.280. The largest absolute Gasteiger partial charge is 0.294 e. The van der Waals surface area contributed by atoms with Crippen LogP contribution < -0.4 is 0 Å². The second-order valence-electron chi connectivity index (χ2n) is 2.72. The van der Waals surface area contributed by atoms with Gasteiger partial charge in [0, 0.05) is 22.2 Å². The summed E-state index contributed by atoms with van der Waals surface area (Å²) >= 11 is 7.63. The van der Waals surface area contributed by atoms with Crippen molar-refractivity contribution in [2.24, 2.45) is 0 Å². The minimum Gasteiger partial charge on any atom is -0.294 e. The van der Waals surface area contributed by atoms with Crippen LogP contribution in [0.15, 0.2) is 23.1 Å². The Balaban J connectivity index is 3.22. The minimum atomic E-state index is 0.153. The Morgan fingerprint density at radius 2 is 2.23 bits per heavy atom. The molecule has 0 aliphatic heterocycles. The lowest BCUT2D eigenvalue weighted by molar-refractivity contribution is 0.0985. The van der Waals surface area contributed by atoms with Crippen molar-refractivity contribution >= 4 is 34.3 Å². The summed E-state index contributed by atoms with van der Waals surface area (Å²) in [6, 6.07) is 5.70. The number of thiol groups is 1. The topological polar surface area (TPSA) is 17.1 Å². The van der Waals surface area contributed by atoms with E-state index in [9.17, 15) is 4.79 Å². The molecule has 13 heavy (non-hydrogen) atoms. The Morgan fingerprint density at radius 1 is 1.54 bits per heavy atom. The highest BCUT2D eigenvalue weighted by atomic mass is 79.9. The van der Waals surface area contributed by atoms with Gasteiger partial charge in [-0.15, -0.1) is 12.6 Å². The molecule has 0 spiro atoms. The number of Topliss-reactive ketones (excluding diaryl/α,β-unsaturated/α-hetero) is 1. The predicted octanol–water partition coefficient (Wildman–Crippen LogP) is 3.46. The minimum absolute atomic E-state index is 0.153. The molecule has 0 amide bonds. The first-order chi connectivity index (χ1) is 6.20. The van der Waals surface area contributed by atoms with E-state index in [1.807, 2.05) is 25.1 Å². The molecule has 0 radical (unpaired) electrons. The lowest BCUT2D eigenvalue weighted by atomic mass is 10.0. The summed E-state index contributed by atoms with van der Waals surface area (Å²) in [5, 5.41) is 0.697. The van der Waals surface area contributed by atoms with Gasteiger partial charge in [0.15, 0.2) is 5.78 Å². The summed E-state index contributed by atoms with van der Waals surface area (Å²) in [5.41, 5.74) is 1.77. The van der Waals surface area contributed by atoms with Crippen molar-refractivity contribution < 1.29 is 4.79 Å². The average Bonchev–Trinajstić information content (AvgIpc) is 2.16. The molecule has 0 N–H and O–H groups in total. The molecule has 0 fully saturated rings. The van der Waals surface area contributed by atoms with Gasteiger partial charge in [0.25, 0.3) is 0 Å². The summed E-state index contributed by atoms with van der Waals surface area (Å²) < 4.78 is 0. The summed E-state index contributed by atoms with van der Waals surface area (Å²) in [5.74, 6) is 0.153. The lowest BCUT2D eigenvalue weighted by Crippen LogP contribution is -2.02. The molecule has 0 saturated carbocycles. The molecule has 70 valence electrons. The van der Waals surface area contributed by atoms with E-state index >= 15 is 0 Å². The van der Waals surface area contributed by atoms with Crippen molar-refractivity contribution in [1.82, 2.24) is 0 Å². The number of carbonyl (C=O) groups is 1. The van der Waals surface area contributed by atoms with Crippen LogP contribution in [-0.4, -0.2) is 5.78 Å². The predicted molar refractivity (Wildman–Crippen MR) is 60.9 cm³/mol. The van der Waals surface area contributed by atoms with Gasteiger partial charge in [0.2, 0.25) is 0 Å². The number of hydrogen-bond acceptors (Lipinski definition) is 2. The van der Waals surface area contributed by atoms with E-state index in [1.54, 1.807) is 0 Å². The summed E-state index contributed by atoms with van der Waals surface area (Å²) in [6.07, 6.45) is 0.525. The molecule has 0 atom stereocenters. The van der Waals surface area contributed by atoms with E-state index in [4.69, 9.17) is 0 Å². The highest BCUT2D eigenvalue weighted by molar-refractivity contribution is 9.08. The van der Waals surface area contributed by atoms with E-state index in [1.165, 1.54) is 0 Å². The molecule has 1 aromatic carbocycles. The molecule has 1 rings (SSSR count). The third kappa shape index (κ3) is 2.35. The molecule has 3 heteroatoms. The van der Waals surface area contributed by atoms with Crippen LogP contribution in [0.1, 0.15) is 29.3 Å². The van der Waals surface area contributed by atoms with E-state index in [0.717, 1.165) is 16.0 Å². The van der Waals surface area contributed by atoms with Crippen LogP contribution in [0.2, 0.25) is 0 Å². The van der Waals surface area contributed by atoms with Crippen molar-refractivity contribution in [2.75, 3.05) is 0 Å². The number of ketones is 1. The number of benzene rings is 1. The van der Waals surface area contributed by atoms with Gasteiger partial charge in [0.1, 0.15) is 0 Å². The molecule has 0 saturated heterocycles. The summed E-state index contributed by atoms with van der Waals surface area (Å²) in [4.78, 5) is 12.3. The summed E-state index contributed by atoms with van der Waals surface area (Å²) in [6.45, 7) is 1.86. The van der Waals surface area contributed by atoms with Crippen LogP contribution >= 0.6 is 28.6 Å². The third-order valence-electron chi connectivity index (χ3n) is 1.87. The first kappa shape index (κ1) is 10.8. The van der Waals surface area contributed by atoms with Crippen molar-refractivity contribution in [3.05, 3.63) is 29.3 Å². The Bertz CT molecular complexity index is 323. The van der Waals surface area contributed by atoms with Gasteiger partial charge >= 0.3 is 0 Å². The Kier molecular flexibility index (Phi) is 4.00. The molecule has 0 bridgehead atoms. The van der Waals surface area contributed by atoms with Gasteiger partial charge in [-0.25, -0.2) is 0 Å². The van der Waals surface area contributed by atoms with E-state index in [0.29, 0.717) is 11.8 Å². The quantitative estimate of drug-likeness (QED) is 0.499. The third-order valence-corrected chi connectivity index (χ3v) is 2.85. The van der Waals surface area contributed by atoms with Gasteiger partial charge in [-0.05, 0) is 11.6 Å². The Labute approximate surface area is 92.1 Å². The monoisotopic (exact) mass is 258 g/mol. The van der Waals surface area contributed by atoms with Crippen LogP contribution in [0, 0.1) is 0 Å². The van der Waals surface area contributed by atoms with Gasteiger partial charge in [-0.2, -0.15) is 0 Å². The van der Waals surface area contributed by atoms with Crippen molar-refractivity contribution in [1.29, 1.82) is 0 Å². The van der Waals surface area contributed by atoms with E-state index < -0.39 is 0 Å². The van der Waals surface area contributed by atoms with E-state index in [-0.39, 0.29) is 5.78 Å². The van der Waals surface area contributed by atoms with Gasteiger partial charge in [-0.1, -0.05) is 35.0 Å². The normalized spacial score (nSPS) is 10.1. The molecule has 0 aromatic heterocycles.